The largest absolute Gasteiger partial charge is 0.494 e. The van der Waals surface area contributed by atoms with Crippen LogP contribution in [0.3, 0.4) is 0 Å². The lowest BCUT2D eigenvalue weighted by molar-refractivity contribution is 0.279. The number of ether oxygens (including phenoxy) is 2. The zero-order valence-corrected chi connectivity index (χ0v) is 18.4. The molecule has 6 N–H and O–H groups in total. The number of benzene rings is 2. The highest BCUT2D eigenvalue weighted by Gasteiger charge is 2.00. The quantitative estimate of drug-likeness (QED) is 0.175. The lowest BCUT2D eigenvalue weighted by Gasteiger charge is -2.09. The van der Waals surface area contributed by atoms with Crippen molar-refractivity contribution in [3.05, 3.63) is 59.7 Å². The monoisotopic (exact) mass is 424 g/mol. The fourth-order valence-corrected chi connectivity index (χ4v) is 3.23. The molecule has 0 fully saturated rings. The van der Waals surface area contributed by atoms with E-state index in [0.29, 0.717) is 26.1 Å². The van der Waals surface area contributed by atoms with Crippen LogP contribution in [0.2, 0.25) is 0 Å². The van der Waals surface area contributed by atoms with Gasteiger partial charge >= 0.3 is 0 Å². The van der Waals surface area contributed by atoms with Crippen molar-refractivity contribution in [3.63, 3.8) is 0 Å². The summed E-state index contributed by atoms with van der Waals surface area (Å²) in [6, 6.07) is 16.4. The fraction of sp³-hybridized carbons (Fsp3) is 0.440. The second-order valence-electron chi connectivity index (χ2n) is 7.80. The SMILES string of the molecule is N=C(N)CCCc1ccc(OCCCCCOc2ccc(CCCC(=N)N)cc2)cc1. The third kappa shape index (κ3) is 11.1. The lowest BCUT2D eigenvalue weighted by atomic mass is 10.1. The molecule has 0 aromatic heterocycles. The van der Waals surface area contributed by atoms with Crippen molar-refractivity contribution in [3.8, 4) is 11.5 Å². The molecule has 31 heavy (non-hydrogen) atoms. The summed E-state index contributed by atoms with van der Waals surface area (Å²) in [5.74, 6) is 2.30. The molecule has 6 nitrogen and oxygen atoms in total. The van der Waals surface area contributed by atoms with E-state index < -0.39 is 0 Å². The minimum Gasteiger partial charge on any atom is -0.494 e. The maximum atomic E-state index is 7.25. The Bertz CT molecular complexity index is 721. The predicted molar refractivity (Wildman–Crippen MR) is 127 cm³/mol. The molecule has 168 valence electrons. The first-order valence-corrected chi connectivity index (χ1v) is 11.1. The first-order valence-electron chi connectivity index (χ1n) is 11.1. The Labute approximate surface area is 186 Å². The Morgan fingerprint density at radius 1 is 0.581 bits per heavy atom. The number of nitrogens with one attached hydrogen (secondary N) is 2. The summed E-state index contributed by atoms with van der Waals surface area (Å²) in [7, 11) is 0. The molecule has 2 aromatic carbocycles. The highest BCUT2D eigenvalue weighted by atomic mass is 16.5. The van der Waals surface area contributed by atoms with Gasteiger partial charge in [0.15, 0.2) is 0 Å². The first kappa shape index (κ1) is 24.3. The van der Waals surface area contributed by atoms with Gasteiger partial charge in [0.05, 0.1) is 24.9 Å². The molecule has 0 saturated heterocycles. The maximum absolute atomic E-state index is 7.25. The summed E-state index contributed by atoms with van der Waals surface area (Å²) >= 11 is 0. The van der Waals surface area contributed by atoms with E-state index in [1.807, 2.05) is 24.3 Å². The second kappa shape index (κ2) is 14.1. The van der Waals surface area contributed by atoms with Gasteiger partial charge in [-0.05, 0) is 80.3 Å². The Morgan fingerprint density at radius 2 is 0.968 bits per heavy atom. The predicted octanol–water partition coefficient (Wildman–Crippen LogP) is 4.83. The van der Waals surface area contributed by atoms with Crippen LogP contribution in [-0.4, -0.2) is 24.9 Å². The maximum Gasteiger partial charge on any atom is 0.119 e. The normalized spacial score (nSPS) is 10.6. The van der Waals surface area contributed by atoms with Gasteiger partial charge in [-0.3, -0.25) is 10.8 Å². The van der Waals surface area contributed by atoms with Gasteiger partial charge < -0.3 is 20.9 Å². The van der Waals surface area contributed by atoms with Crippen molar-refractivity contribution >= 4 is 11.7 Å². The van der Waals surface area contributed by atoms with Gasteiger partial charge in [0, 0.05) is 12.8 Å². The number of nitrogens with two attached hydrogens (primary N) is 2. The second-order valence-corrected chi connectivity index (χ2v) is 7.80. The summed E-state index contributed by atoms with van der Waals surface area (Å²) < 4.78 is 11.6. The smallest absolute Gasteiger partial charge is 0.119 e. The molecule has 0 heterocycles. The van der Waals surface area contributed by atoms with Crippen LogP contribution in [0.15, 0.2) is 48.5 Å². The van der Waals surface area contributed by atoms with Crippen LogP contribution in [0.1, 0.15) is 56.1 Å². The Morgan fingerprint density at radius 3 is 1.32 bits per heavy atom. The van der Waals surface area contributed by atoms with Gasteiger partial charge in [0.1, 0.15) is 11.5 Å². The van der Waals surface area contributed by atoms with Crippen molar-refractivity contribution in [1.29, 1.82) is 10.8 Å². The molecule has 0 bridgehead atoms. The van der Waals surface area contributed by atoms with E-state index in [1.165, 1.54) is 11.1 Å². The van der Waals surface area contributed by atoms with Gasteiger partial charge in [-0.15, -0.1) is 0 Å². The number of rotatable bonds is 16. The van der Waals surface area contributed by atoms with Crippen LogP contribution < -0.4 is 20.9 Å². The Kier molecular flexibility index (Phi) is 11.0. The number of amidine groups is 2. The highest BCUT2D eigenvalue weighted by molar-refractivity contribution is 5.77. The van der Waals surface area contributed by atoms with Crippen LogP contribution >= 0.6 is 0 Å². The van der Waals surface area contributed by atoms with Crippen LogP contribution in [0.4, 0.5) is 0 Å². The molecule has 2 rings (SSSR count). The fourth-order valence-electron chi connectivity index (χ4n) is 3.23. The first-order chi connectivity index (χ1) is 15.0. The number of hydrogen-bond acceptors (Lipinski definition) is 4. The Hall–Kier alpha value is -3.02. The molecule has 0 saturated carbocycles. The minimum atomic E-state index is 0.251. The molecule has 0 aliphatic heterocycles. The number of aryl methyl sites for hydroxylation is 2. The number of unbranched alkanes of at least 4 members (excludes halogenated alkanes) is 2. The van der Waals surface area contributed by atoms with Gasteiger partial charge in [-0.25, -0.2) is 0 Å². The van der Waals surface area contributed by atoms with E-state index >= 15 is 0 Å². The lowest BCUT2D eigenvalue weighted by Crippen LogP contribution is -2.09. The molecular formula is C25H36N4O2. The topological polar surface area (TPSA) is 118 Å². The van der Waals surface area contributed by atoms with Crippen molar-refractivity contribution in [1.82, 2.24) is 0 Å². The average molecular weight is 425 g/mol. The van der Waals surface area contributed by atoms with Gasteiger partial charge in [0.2, 0.25) is 0 Å². The van der Waals surface area contributed by atoms with E-state index in [2.05, 4.69) is 24.3 Å². The van der Waals surface area contributed by atoms with Crippen molar-refractivity contribution in [2.75, 3.05) is 13.2 Å². The number of hydrogen-bond donors (Lipinski definition) is 4. The molecule has 0 spiro atoms. The molecule has 0 aliphatic carbocycles. The molecule has 0 unspecified atom stereocenters. The van der Waals surface area contributed by atoms with E-state index in [4.69, 9.17) is 31.8 Å². The van der Waals surface area contributed by atoms with E-state index in [-0.39, 0.29) is 11.7 Å². The molecule has 0 aliphatic rings. The molecule has 0 amide bonds. The molecule has 0 radical (unpaired) electrons. The van der Waals surface area contributed by atoms with Crippen molar-refractivity contribution < 1.29 is 9.47 Å². The summed E-state index contributed by atoms with van der Waals surface area (Å²) in [6.07, 6.45) is 8.03. The average Bonchev–Trinajstić information content (AvgIpc) is 2.74. The summed E-state index contributed by atoms with van der Waals surface area (Å²) in [4.78, 5) is 0. The van der Waals surface area contributed by atoms with Crippen molar-refractivity contribution in [2.45, 2.75) is 57.8 Å². The van der Waals surface area contributed by atoms with Crippen LogP contribution in [0, 0.1) is 10.8 Å². The molecule has 2 aromatic rings. The standard InChI is InChI=1S/C25H36N4O2/c26-24(27)8-4-6-20-10-14-22(15-11-20)30-18-2-1-3-19-31-23-16-12-21(13-17-23)7-5-9-25(28)29/h10-17H,1-9,18-19H2,(H3,26,27)(H3,28,29). The van der Waals surface area contributed by atoms with Crippen molar-refractivity contribution in [2.24, 2.45) is 11.5 Å². The third-order valence-electron chi connectivity index (χ3n) is 5.00. The van der Waals surface area contributed by atoms with E-state index in [9.17, 15) is 0 Å². The summed E-state index contributed by atoms with van der Waals surface area (Å²) in [5.41, 5.74) is 13.3. The zero-order chi connectivity index (χ0) is 22.3. The summed E-state index contributed by atoms with van der Waals surface area (Å²) in [5, 5.41) is 14.5. The molecule has 0 atom stereocenters. The van der Waals surface area contributed by atoms with Crippen LogP contribution in [0.5, 0.6) is 11.5 Å². The molecular weight excluding hydrogens is 388 g/mol. The summed E-state index contributed by atoms with van der Waals surface area (Å²) in [6.45, 7) is 1.41. The minimum absolute atomic E-state index is 0.251. The molecule has 6 heteroatoms. The Balaban J connectivity index is 1.51. The van der Waals surface area contributed by atoms with Gasteiger partial charge in [0.25, 0.3) is 0 Å². The third-order valence-corrected chi connectivity index (χ3v) is 5.00. The van der Waals surface area contributed by atoms with E-state index in [0.717, 1.165) is 56.4 Å². The van der Waals surface area contributed by atoms with Crippen LogP contribution in [-0.2, 0) is 12.8 Å². The zero-order valence-electron chi connectivity index (χ0n) is 18.4. The van der Waals surface area contributed by atoms with E-state index in [1.54, 1.807) is 0 Å². The van der Waals surface area contributed by atoms with Gasteiger partial charge in [-0.2, -0.15) is 0 Å². The van der Waals surface area contributed by atoms with Gasteiger partial charge in [-0.1, -0.05) is 24.3 Å². The highest BCUT2D eigenvalue weighted by Crippen LogP contribution is 2.16. The van der Waals surface area contributed by atoms with Crippen LogP contribution in [0.25, 0.3) is 0 Å².